The Morgan fingerprint density at radius 2 is 1.71 bits per heavy atom. The van der Waals surface area contributed by atoms with Crippen molar-refractivity contribution in [3.05, 3.63) is 71.9 Å². The van der Waals surface area contributed by atoms with E-state index in [4.69, 9.17) is 4.74 Å². The largest absolute Gasteiger partial charge is 0.467 e. The quantitative estimate of drug-likeness (QED) is 0.483. The van der Waals surface area contributed by atoms with Gasteiger partial charge in [-0.3, -0.25) is 4.79 Å². The number of esters is 1. The van der Waals surface area contributed by atoms with Crippen LogP contribution in [-0.2, 0) is 32.1 Å². The van der Waals surface area contributed by atoms with Crippen LogP contribution in [0, 0.1) is 0 Å². The maximum atomic E-state index is 12.8. The highest BCUT2D eigenvalue weighted by atomic mass is 16.5. The number of alkyl carbamates (subject to hydrolysis) is 1. The molecule has 1 aromatic heterocycles. The van der Waals surface area contributed by atoms with Gasteiger partial charge in [-0.15, -0.1) is 0 Å². The first kappa shape index (κ1) is 21.9. The SMILES string of the molecule is COC(=O)[C@@H](C)NC(=O)[C@H](Cc1c[nH]c2ccccc12)NC(=O)OCc1ccccc1. The van der Waals surface area contributed by atoms with Crippen LogP contribution in [0.15, 0.2) is 60.8 Å². The van der Waals surface area contributed by atoms with Gasteiger partial charge in [-0.05, 0) is 24.1 Å². The van der Waals surface area contributed by atoms with Crippen molar-refractivity contribution in [2.45, 2.75) is 32.0 Å². The second kappa shape index (κ2) is 10.3. The third-order valence-electron chi connectivity index (χ3n) is 4.83. The molecule has 31 heavy (non-hydrogen) atoms. The molecular weight excluding hydrogens is 398 g/mol. The molecule has 2 aromatic carbocycles. The molecule has 2 amide bonds. The molecule has 0 saturated carbocycles. The Morgan fingerprint density at radius 1 is 1.00 bits per heavy atom. The highest BCUT2D eigenvalue weighted by Gasteiger charge is 2.26. The summed E-state index contributed by atoms with van der Waals surface area (Å²) in [6, 6.07) is 15.1. The second-order valence-corrected chi connectivity index (χ2v) is 7.08. The van der Waals surface area contributed by atoms with Gasteiger partial charge >= 0.3 is 12.1 Å². The normalized spacial score (nSPS) is 12.6. The minimum atomic E-state index is -0.949. The van der Waals surface area contributed by atoms with E-state index in [1.165, 1.54) is 14.0 Å². The lowest BCUT2D eigenvalue weighted by atomic mass is 10.0. The molecule has 8 nitrogen and oxygen atoms in total. The van der Waals surface area contributed by atoms with E-state index in [1.807, 2.05) is 54.6 Å². The lowest BCUT2D eigenvalue weighted by molar-refractivity contribution is -0.144. The number of fused-ring (bicyclic) bond motifs is 1. The molecular formula is C23H25N3O5. The van der Waals surface area contributed by atoms with Crippen LogP contribution in [0.25, 0.3) is 10.9 Å². The fourth-order valence-electron chi connectivity index (χ4n) is 3.19. The van der Waals surface area contributed by atoms with Crippen LogP contribution in [0.4, 0.5) is 4.79 Å². The number of carbonyl (C=O) groups is 3. The highest BCUT2D eigenvalue weighted by molar-refractivity contribution is 5.91. The van der Waals surface area contributed by atoms with Gasteiger partial charge in [-0.1, -0.05) is 48.5 Å². The Kier molecular flexibility index (Phi) is 7.26. The first-order valence-electron chi connectivity index (χ1n) is 9.88. The molecule has 3 N–H and O–H groups in total. The zero-order chi connectivity index (χ0) is 22.2. The van der Waals surface area contributed by atoms with Crippen LogP contribution in [-0.4, -0.2) is 42.1 Å². The van der Waals surface area contributed by atoms with Gasteiger partial charge in [0.15, 0.2) is 0 Å². The van der Waals surface area contributed by atoms with Crippen molar-refractivity contribution in [2.24, 2.45) is 0 Å². The van der Waals surface area contributed by atoms with E-state index in [-0.39, 0.29) is 13.0 Å². The fourth-order valence-corrected chi connectivity index (χ4v) is 3.19. The monoisotopic (exact) mass is 423 g/mol. The third-order valence-corrected chi connectivity index (χ3v) is 4.83. The van der Waals surface area contributed by atoms with Crippen LogP contribution >= 0.6 is 0 Å². The standard InChI is InChI=1S/C23H25N3O5/c1-15(22(28)30-2)25-21(27)20(12-17-13-24-19-11-7-6-10-18(17)19)26-23(29)31-14-16-8-4-3-5-9-16/h3-11,13,15,20,24H,12,14H2,1-2H3,(H,25,27)(H,26,29)/t15-,20+/m1/s1. The van der Waals surface area contributed by atoms with Gasteiger partial charge in [0.05, 0.1) is 7.11 Å². The van der Waals surface area contributed by atoms with Gasteiger partial charge in [0.2, 0.25) is 5.91 Å². The summed E-state index contributed by atoms with van der Waals surface area (Å²) in [7, 11) is 1.24. The second-order valence-electron chi connectivity index (χ2n) is 7.08. The summed E-state index contributed by atoms with van der Waals surface area (Å²) in [4.78, 5) is 40.1. The van der Waals surface area contributed by atoms with Crippen molar-refractivity contribution in [3.63, 3.8) is 0 Å². The number of rotatable bonds is 8. The Hall–Kier alpha value is -3.81. The topological polar surface area (TPSA) is 110 Å². The van der Waals surface area contributed by atoms with Crippen LogP contribution in [0.1, 0.15) is 18.1 Å². The van der Waals surface area contributed by atoms with E-state index >= 15 is 0 Å². The molecule has 8 heteroatoms. The van der Waals surface area contributed by atoms with Gasteiger partial charge in [0.1, 0.15) is 18.7 Å². The lowest BCUT2D eigenvalue weighted by Gasteiger charge is -2.20. The third kappa shape index (κ3) is 5.85. The summed E-state index contributed by atoms with van der Waals surface area (Å²) in [6.45, 7) is 1.59. The lowest BCUT2D eigenvalue weighted by Crippen LogP contribution is -2.52. The van der Waals surface area contributed by atoms with E-state index in [0.717, 1.165) is 22.0 Å². The molecule has 0 bridgehead atoms. The van der Waals surface area contributed by atoms with Crippen LogP contribution in [0.2, 0.25) is 0 Å². The molecule has 2 atom stereocenters. The fraction of sp³-hybridized carbons (Fsp3) is 0.261. The van der Waals surface area contributed by atoms with Crippen molar-refractivity contribution in [1.29, 1.82) is 0 Å². The number of aromatic amines is 1. The zero-order valence-corrected chi connectivity index (χ0v) is 17.4. The minimum absolute atomic E-state index is 0.0761. The minimum Gasteiger partial charge on any atom is -0.467 e. The molecule has 0 unspecified atom stereocenters. The van der Waals surface area contributed by atoms with Crippen molar-refractivity contribution in [1.82, 2.24) is 15.6 Å². The predicted molar refractivity (Wildman–Crippen MR) is 115 cm³/mol. The molecule has 1 heterocycles. The summed E-state index contributed by atoms with van der Waals surface area (Å²) in [5, 5.41) is 6.13. The van der Waals surface area contributed by atoms with Gasteiger partial charge in [0.25, 0.3) is 0 Å². The van der Waals surface area contributed by atoms with Crippen LogP contribution in [0.5, 0.6) is 0 Å². The number of aromatic nitrogens is 1. The van der Waals surface area contributed by atoms with E-state index in [0.29, 0.717) is 0 Å². The van der Waals surface area contributed by atoms with Gasteiger partial charge < -0.3 is 25.1 Å². The molecule has 162 valence electrons. The van der Waals surface area contributed by atoms with Crippen molar-refractivity contribution in [2.75, 3.05) is 7.11 Å². The van der Waals surface area contributed by atoms with Crippen LogP contribution in [0.3, 0.4) is 0 Å². The van der Waals surface area contributed by atoms with E-state index in [9.17, 15) is 14.4 Å². The van der Waals surface area contributed by atoms with Crippen molar-refractivity contribution in [3.8, 4) is 0 Å². The first-order valence-corrected chi connectivity index (χ1v) is 9.88. The Bertz CT molecular complexity index is 1050. The molecule has 0 aliphatic rings. The summed E-state index contributed by atoms with van der Waals surface area (Å²) in [5.74, 6) is -1.09. The molecule has 0 saturated heterocycles. The Labute approximate surface area is 179 Å². The molecule has 3 aromatic rings. The molecule has 0 spiro atoms. The number of hydrogen-bond acceptors (Lipinski definition) is 5. The van der Waals surface area contributed by atoms with Crippen molar-refractivity contribution < 1.29 is 23.9 Å². The number of benzene rings is 2. The van der Waals surface area contributed by atoms with E-state index < -0.39 is 30.1 Å². The number of nitrogens with one attached hydrogen (secondary N) is 3. The first-order chi connectivity index (χ1) is 15.0. The molecule has 0 fully saturated rings. The number of methoxy groups -OCH3 is 1. The van der Waals surface area contributed by atoms with E-state index in [1.54, 1.807) is 6.20 Å². The molecule has 0 radical (unpaired) electrons. The average Bonchev–Trinajstić information content (AvgIpc) is 3.20. The number of amides is 2. The zero-order valence-electron chi connectivity index (χ0n) is 17.4. The highest BCUT2D eigenvalue weighted by Crippen LogP contribution is 2.19. The van der Waals surface area contributed by atoms with Gasteiger partial charge in [0, 0.05) is 23.5 Å². The van der Waals surface area contributed by atoms with Gasteiger partial charge in [-0.25, -0.2) is 9.59 Å². The Balaban J connectivity index is 1.72. The average molecular weight is 423 g/mol. The number of para-hydroxylation sites is 1. The summed E-state index contributed by atoms with van der Waals surface area (Å²) >= 11 is 0. The number of hydrogen-bond donors (Lipinski definition) is 3. The summed E-state index contributed by atoms with van der Waals surface area (Å²) in [6.07, 6.45) is 1.28. The van der Waals surface area contributed by atoms with Crippen molar-refractivity contribution >= 4 is 28.9 Å². The molecule has 0 aliphatic heterocycles. The van der Waals surface area contributed by atoms with Crippen LogP contribution < -0.4 is 10.6 Å². The number of ether oxygens (including phenoxy) is 2. The maximum Gasteiger partial charge on any atom is 0.408 e. The summed E-state index contributed by atoms with van der Waals surface area (Å²) < 4.78 is 9.91. The van der Waals surface area contributed by atoms with Gasteiger partial charge in [-0.2, -0.15) is 0 Å². The summed E-state index contributed by atoms with van der Waals surface area (Å²) in [5.41, 5.74) is 2.60. The Morgan fingerprint density at radius 3 is 2.45 bits per heavy atom. The van der Waals surface area contributed by atoms with E-state index in [2.05, 4.69) is 20.4 Å². The smallest absolute Gasteiger partial charge is 0.408 e. The maximum absolute atomic E-state index is 12.8. The molecule has 3 rings (SSSR count). The molecule has 0 aliphatic carbocycles. The predicted octanol–water partition coefficient (Wildman–Crippen LogP) is 2.68. The number of H-pyrrole nitrogens is 1. The number of carbonyl (C=O) groups excluding carboxylic acids is 3.